The molecule has 0 radical (unpaired) electrons. The maximum atomic E-state index is 13.0. The van der Waals surface area contributed by atoms with Gasteiger partial charge in [0.2, 0.25) is 5.95 Å². The van der Waals surface area contributed by atoms with Crippen molar-refractivity contribution in [3.8, 4) is 0 Å². The molecule has 4 rings (SSSR count). The van der Waals surface area contributed by atoms with E-state index in [4.69, 9.17) is 0 Å². The lowest BCUT2D eigenvalue weighted by atomic mass is 10.0. The molecule has 0 aliphatic heterocycles. The Bertz CT molecular complexity index is 1170. The van der Waals surface area contributed by atoms with Crippen LogP contribution in [0, 0.1) is 0 Å². The van der Waals surface area contributed by atoms with Crippen molar-refractivity contribution >= 4 is 38.7 Å². The van der Waals surface area contributed by atoms with E-state index in [0.717, 1.165) is 26.6 Å². The molecule has 0 spiro atoms. The molecule has 0 aliphatic rings. The molecule has 0 saturated heterocycles. The first-order valence-electron chi connectivity index (χ1n) is 9.34. The van der Waals surface area contributed by atoms with Gasteiger partial charge in [0.05, 0.1) is 17.6 Å². The maximum absolute atomic E-state index is 13.0. The van der Waals surface area contributed by atoms with Gasteiger partial charge < -0.3 is 0 Å². The Morgan fingerprint density at radius 1 is 1.14 bits per heavy atom. The van der Waals surface area contributed by atoms with Crippen molar-refractivity contribution in [2.45, 2.75) is 26.3 Å². The van der Waals surface area contributed by atoms with Crippen molar-refractivity contribution in [1.29, 1.82) is 0 Å². The molecule has 2 heterocycles. The number of nitrogens with one attached hydrogen (secondary N) is 1. The normalized spacial score (nSPS) is 11.2. The number of amides is 1. The lowest BCUT2D eigenvalue weighted by molar-refractivity contribution is 0.102. The highest BCUT2D eigenvalue weighted by atomic mass is 79.9. The fourth-order valence-electron chi connectivity index (χ4n) is 3.05. The average Bonchev–Trinajstić information content (AvgIpc) is 3.15. The molecule has 0 saturated carbocycles. The van der Waals surface area contributed by atoms with Gasteiger partial charge in [0, 0.05) is 15.6 Å². The van der Waals surface area contributed by atoms with E-state index in [1.165, 1.54) is 0 Å². The minimum atomic E-state index is -0.244. The number of carbonyl (C=O) groups is 1. The van der Waals surface area contributed by atoms with Gasteiger partial charge in [-0.2, -0.15) is 0 Å². The number of nitrogens with zero attached hydrogens (tertiary/aromatic N) is 4. The first-order valence-corrected chi connectivity index (χ1v) is 10.1. The summed E-state index contributed by atoms with van der Waals surface area (Å²) in [5.74, 6) is 0.250. The van der Waals surface area contributed by atoms with Crippen molar-refractivity contribution in [2.24, 2.45) is 0 Å². The zero-order valence-corrected chi connectivity index (χ0v) is 17.7. The van der Waals surface area contributed by atoms with Gasteiger partial charge in [-0.15, -0.1) is 5.10 Å². The lowest BCUT2D eigenvalue weighted by Gasteiger charge is -2.11. The number of anilines is 1. The zero-order valence-electron chi connectivity index (χ0n) is 16.1. The second-order valence-electron chi connectivity index (χ2n) is 7.11. The van der Waals surface area contributed by atoms with E-state index in [1.54, 1.807) is 11.0 Å². The van der Waals surface area contributed by atoms with Gasteiger partial charge in [-0.3, -0.25) is 15.1 Å². The van der Waals surface area contributed by atoms with Crippen LogP contribution in [0.3, 0.4) is 0 Å². The summed E-state index contributed by atoms with van der Waals surface area (Å²) >= 11 is 3.43. The van der Waals surface area contributed by atoms with Gasteiger partial charge in [0.15, 0.2) is 0 Å². The van der Waals surface area contributed by atoms with Gasteiger partial charge in [-0.05, 0) is 35.7 Å². The van der Waals surface area contributed by atoms with E-state index in [2.05, 4.69) is 50.2 Å². The Kier molecular flexibility index (Phi) is 5.40. The van der Waals surface area contributed by atoms with Crippen molar-refractivity contribution < 1.29 is 4.79 Å². The molecule has 7 heteroatoms. The number of benzene rings is 2. The van der Waals surface area contributed by atoms with Crippen molar-refractivity contribution in [2.75, 3.05) is 5.32 Å². The summed E-state index contributed by atoms with van der Waals surface area (Å²) in [4.78, 5) is 21.9. The summed E-state index contributed by atoms with van der Waals surface area (Å²) in [6, 6.07) is 17.5. The molecule has 0 aliphatic carbocycles. The van der Waals surface area contributed by atoms with Crippen LogP contribution >= 0.6 is 15.9 Å². The lowest BCUT2D eigenvalue weighted by Crippen LogP contribution is -2.15. The molecule has 2 aromatic carbocycles. The number of hydrogen-bond acceptors (Lipinski definition) is 4. The number of aromatic nitrogens is 4. The van der Waals surface area contributed by atoms with Crippen LogP contribution in [0.2, 0.25) is 0 Å². The number of carbonyl (C=O) groups excluding carboxylic acids is 1. The molecule has 4 aromatic rings. The maximum Gasteiger partial charge on any atom is 0.258 e. The third-order valence-corrected chi connectivity index (χ3v) is 5.12. The minimum Gasteiger partial charge on any atom is -0.289 e. The highest BCUT2D eigenvalue weighted by molar-refractivity contribution is 9.10. The van der Waals surface area contributed by atoms with E-state index in [-0.39, 0.29) is 17.8 Å². The topological polar surface area (TPSA) is 72.7 Å². The summed E-state index contributed by atoms with van der Waals surface area (Å²) < 4.78 is 2.72. The molecule has 6 nitrogen and oxygen atoms in total. The van der Waals surface area contributed by atoms with E-state index >= 15 is 0 Å². The molecule has 29 heavy (non-hydrogen) atoms. The highest BCUT2D eigenvalue weighted by Gasteiger charge is 2.16. The molecule has 146 valence electrons. The van der Waals surface area contributed by atoms with Gasteiger partial charge in [0.25, 0.3) is 5.91 Å². The fourth-order valence-corrected chi connectivity index (χ4v) is 3.32. The number of hydrogen-bond donors (Lipinski definition) is 1. The van der Waals surface area contributed by atoms with Gasteiger partial charge in [0.1, 0.15) is 6.33 Å². The van der Waals surface area contributed by atoms with Crippen molar-refractivity contribution in [3.63, 3.8) is 0 Å². The molecule has 0 atom stereocenters. The second kappa shape index (κ2) is 8.13. The van der Waals surface area contributed by atoms with Crippen LogP contribution in [0.4, 0.5) is 5.95 Å². The van der Waals surface area contributed by atoms with Crippen LogP contribution in [-0.4, -0.2) is 25.7 Å². The standard InChI is InChI=1S/C22H20BrN5O/c1-14(2)20-11-18(17-5-3-4-6-19(17)25-20)21(29)26-22-24-13-28(27-22)12-15-7-9-16(23)10-8-15/h3-11,13-14H,12H2,1-2H3,(H,26,27,29). The minimum absolute atomic E-state index is 0.217. The summed E-state index contributed by atoms with van der Waals surface area (Å²) in [5.41, 5.74) is 3.35. The van der Waals surface area contributed by atoms with Crippen LogP contribution in [0.25, 0.3) is 10.9 Å². The number of halogens is 1. The van der Waals surface area contributed by atoms with Crippen LogP contribution in [-0.2, 0) is 6.54 Å². The fraction of sp³-hybridized carbons (Fsp3) is 0.182. The highest BCUT2D eigenvalue weighted by Crippen LogP contribution is 2.23. The van der Waals surface area contributed by atoms with Crippen LogP contribution in [0.1, 0.15) is 41.4 Å². The molecule has 1 N–H and O–H groups in total. The van der Waals surface area contributed by atoms with E-state index in [9.17, 15) is 4.79 Å². The summed E-state index contributed by atoms with van der Waals surface area (Å²) in [5, 5.41) is 8.00. The molecule has 0 unspecified atom stereocenters. The van der Waals surface area contributed by atoms with Gasteiger partial charge in [-0.1, -0.05) is 60.1 Å². The molecule has 1 amide bonds. The van der Waals surface area contributed by atoms with Crippen molar-refractivity contribution in [3.05, 3.63) is 82.2 Å². The Labute approximate surface area is 177 Å². The van der Waals surface area contributed by atoms with Gasteiger partial charge in [-0.25, -0.2) is 9.67 Å². The number of fused-ring (bicyclic) bond motifs is 1. The largest absolute Gasteiger partial charge is 0.289 e. The summed E-state index contributed by atoms with van der Waals surface area (Å²) in [7, 11) is 0. The number of rotatable bonds is 5. The predicted octanol–water partition coefficient (Wildman–Crippen LogP) is 5.01. The second-order valence-corrected chi connectivity index (χ2v) is 8.03. The molecule has 2 aromatic heterocycles. The number of para-hydroxylation sites is 1. The Balaban J connectivity index is 1.57. The first-order chi connectivity index (χ1) is 14.0. The third kappa shape index (κ3) is 4.35. The summed E-state index contributed by atoms with van der Waals surface area (Å²) in [6.07, 6.45) is 1.61. The molecule has 0 bridgehead atoms. The Morgan fingerprint density at radius 3 is 2.66 bits per heavy atom. The third-order valence-electron chi connectivity index (χ3n) is 4.59. The van der Waals surface area contributed by atoms with E-state index in [0.29, 0.717) is 12.1 Å². The van der Waals surface area contributed by atoms with Crippen LogP contribution in [0.15, 0.2) is 65.4 Å². The Hall–Kier alpha value is -3.06. The van der Waals surface area contributed by atoms with Crippen molar-refractivity contribution in [1.82, 2.24) is 19.7 Å². The smallest absolute Gasteiger partial charge is 0.258 e. The summed E-state index contributed by atoms with van der Waals surface area (Å²) in [6.45, 7) is 4.69. The molecular weight excluding hydrogens is 430 g/mol. The number of pyridine rings is 1. The van der Waals surface area contributed by atoms with E-state index < -0.39 is 0 Å². The van der Waals surface area contributed by atoms with Gasteiger partial charge >= 0.3 is 0 Å². The predicted molar refractivity (Wildman–Crippen MR) is 117 cm³/mol. The van der Waals surface area contributed by atoms with Crippen LogP contribution in [0.5, 0.6) is 0 Å². The molecular formula is C22H20BrN5O. The molecule has 0 fully saturated rings. The van der Waals surface area contributed by atoms with Crippen LogP contribution < -0.4 is 5.32 Å². The SMILES string of the molecule is CC(C)c1cc(C(=O)Nc2ncn(Cc3ccc(Br)cc3)n2)c2ccccc2n1. The van der Waals surface area contributed by atoms with E-state index in [1.807, 2.05) is 54.6 Å². The quantitative estimate of drug-likeness (QED) is 0.464. The monoisotopic (exact) mass is 449 g/mol. The Morgan fingerprint density at radius 2 is 1.90 bits per heavy atom. The zero-order chi connectivity index (χ0) is 20.4. The average molecular weight is 450 g/mol. The first kappa shape index (κ1) is 19.3.